The van der Waals surface area contributed by atoms with Gasteiger partial charge >= 0.3 is 5.97 Å². The van der Waals surface area contributed by atoms with Crippen molar-refractivity contribution < 1.29 is 14.3 Å². The summed E-state index contributed by atoms with van der Waals surface area (Å²) in [6, 6.07) is 15.6. The van der Waals surface area contributed by atoms with Crippen molar-refractivity contribution in [3.63, 3.8) is 0 Å². The molecule has 1 aromatic carbocycles. The van der Waals surface area contributed by atoms with Gasteiger partial charge in [-0.05, 0) is 56.3 Å². The molecule has 0 unspecified atom stereocenters. The lowest BCUT2D eigenvalue weighted by Crippen LogP contribution is -2.15. The summed E-state index contributed by atoms with van der Waals surface area (Å²) in [5, 5.41) is 7.32. The Morgan fingerprint density at radius 2 is 1.87 bits per heavy atom. The Labute approximate surface area is 172 Å². The van der Waals surface area contributed by atoms with Crippen LogP contribution in [0.25, 0.3) is 17.0 Å². The maximum absolute atomic E-state index is 12.7. The van der Waals surface area contributed by atoms with Crippen molar-refractivity contribution in [3.8, 4) is 11.4 Å². The standard InChI is InChI=1S/C22H19N5O3/c1-3-30-22(29)15-7-9-16(10-8-15)24-21(28)19-12-14(2)27-20(25-19)13-18(26-27)17-6-4-5-11-23-17/h4-13H,3H2,1-2H3,(H,24,28). The quantitative estimate of drug-likeness (QED) is 0.514. The number of benzene rings is 1. The number of hydrogen-bond donors (Lipinski definition) is 1. The van der Waals surface area contributed by atoms with Gasteiger partial charge in [0, 0.05) is 23.6 Å². The first-order valence-corrected chi connectivity index (χ1v) is 9.42. The van der Waals surface area contributed by atoms with Crippen LogP contribution in [0.4, 0.5) is 5.69 Å². The number of fused-ring (bicyclic) bond motifs is 1. The molecule has 1 amide bonds. The maximum atomic E-state index is 12.7. The first-order chi connectivity index (χ1) is 14.5. The van der Waals surface area contributed by atoms with Crippen LogP contribution in [0, 0.1) is 6.92 Å². The van der Waals surface area contributed by atoms with Crippen LogP contribution in [0.2, 0.25) is 0 Å². The van der Waals surface area contributed by atoms with Gasteiger partial charge in [-0.2, -0.15) is 5.10 Å². The monoisotopic (exact) mass is 401 g/mol. The Morgan fingerprint density at radius 3 is 2.57 bits per heavy atom. The zero-order valence-electron chi connectivity index (χ0n) is 16.5. The number of nitrogens with one attached hydrogen (secondary N) is 1. The van der Waals surface area contributed by atoms with E-state index in [0.717, 1.165) is 11.4 Å². The summed E-state index contributed by atoms with van der Waals surface area (Å²) < 4.78 is 6.63. The SMILES string of the molecule is CCOC(=O)c1ccc(NC(=O)c2cc(C)n3nc(-c4ccccn4)cc3n2)cc1. The molecule has 3 aromatic heterocycles. The lowest BCUT2D eigenvalue weighted by Gasteiger charge is -2.07. The van der Waals surface area contributed by atoms with Crippen LogP contribution in [0.15, 0.2) is 60.8 Å². The van der Waals surface area contributed by atoms with E-state index in [4.69, 9.17) is 4.74 Å². The molecular weight excluding hydrogens is 382 g/mol. The van der Waals surface area contributed by atoms with Gasteiger partial charge < -0.3 is 10.1 Å². The summed E-state index contributed by atoms with van der Waals surface area (Å²) in [6.07, 6.45) is 1.70. The average molecular weight is 401 g/mol. The minimum Gasteiger partial charge on any atom is -0.462 e. The normalized spacial score (nSPS) is 10.7. The van der Waals surface area contributed by atoms with Gasteiger partial charge in [0.25, 0.3) is 5.91 Å². The fourth-order valence-corrected chi connectivity index (χ4v) is 2.98. The third-order valence-electron chi connectivity index (χ3n) is 4.42. The van der Waals surface area contributed by atoms with E-state index in [1.54, 1.807) is 54.0 Å². The van der Waals surface area contributed by atoms with Crippen LogP contribution < -0.4 is 5.32 Å². The van der Waals surface area contributed by atoms with E-state index in [2.05, 4.69) is 20.4 Å². The molecule has 8 heteroatoms. The minimum absolute atomic E-state index is 0.266. The number of nitrogens with zero attached hydrogens (tertiary/aromatic N) is 4. The molecule has 3 heterocycles. The number of ether oxygens (including phenoxy) is 1. The molecule has 150 valence electrons. The molecule has 30 heavy (non-hydrogen) atoms. The van der Waals surface area contributed by atoms with E-state index in [1.165, 1.54) is 0 Å². The molecule has 0 radical (unpaired) electrons. The summed E-state index contributed by atoms with van der Waals surface area (Å²) in [6.45, 7) is 3.91. The first-order valence-electron chi connectivity index (χ1n) is 9.42. The van der Waals surface area contributed by atoms with Gasteiger partial charge in [-0.1, -0.05) is 6.07 Å². The van der Waals surface area contributed by atoms with Crippen molar-refractivity contribution in [2.75, 3.05) is 11.9 Å². The number of rotatable bonds is 5. The highest BCUT2D eigenvalue weighted by molar-refractivity contribution is 6.03. The Bertz CT molecular complexity index is 1220. The fraction of sp³-hybridized carbons (Fsp3) is 0.136. The molecular formula is C22H19N5O3. The van der Waals surface area contributed by atoms with Gasteiger partial charge in [-0.3, -0.25) is 9.78 Å². The van der Waals surface area contributed by atoms with Crippen LogP contribution in [-0.4, -0.2) is 38.1 Å². The van der Waals surface area contributed by atoms with Gasteiger partial charge in [-0.25, -0.2) is 14.3 Å². The van der Waals surface area contributed by atoms with E-state index in [9.17, 15) is 9.59 Å². The number of hydrogen-bond acceptors (Lipinski definition) is 6. The molecule has 4 aromatic rings. The third-order valence-corrected chi connectivity index (χ3v) is 4.42. The van der Waals surface area contributed by atoms with E-state index in [0.29, 0.717) is 29.2 Å². The number of carbonyl (C=O) groups is 2. The van der Waals surface area contributed by atoms with E-state index in [1.807, 2.05) is 25.1 Å². The zero-order valence-corrected chi connectivity index (χ0v) is 16.5. The Balaban J connectivity index is 1.57. The number of anilines is 1. The van der Waals surface area contributed by atoms with E-state index < -0.39 is 5.97 Å². The molecule has 0 bridgehead atoms. The van der Waals surface area contributed by atoms with Crippen LogP contribution in [0.3, 0.4) is 0 Å². The number of aromatic nitrogens is 4. The predicted molar refractivity (Wildman–Crippen MR) is 111 cm³/mol. The average Bonchev–Trinajstić information content (AvgIpc) is 3.20. The van der Waals surface area contributed by atoms with Crippen molar-refractivity contribution in [2.45, 2.75) is 13.8 Å². The minimum atomic E-state index is -0.400. The van der Waals surface area contributed by atoms with Gasteiger partial charge in [0.1, 0.15) is 11.4 Å². The second kappa shape index (κ2) is 8.12. The van der Waals surface area contributed by atoms with Crippen LogP contribution in [0.1, 0.15) is 33.5 Å². The van der Waals surface area contributed by atoms with Gasteiger partial charge in [0.15, 0.2) is 5.65 Å². The number of carbonyl (C=O) groups excluding carboxylic acids is 2. The number of aryl methyl sites for hydroxylation is 1. The molecule has 0 spiro atoms. The summed E-state index contributed by atoms with van der Waals surface area (Å²) in [5.41, 5.74) is 3.97. The van der Waals surface area contributed by atoms with Gasteiger partial charge in [0.2, 0.25) is 0 Å². The molecule has 0 aliphatic carbocycles. The smallest absolute Gasteiger partial charge is 0.338 e. The predicted octanol–water partition coefficient (Wildman–Crippen LogP) is 3.53. The van der Waals surface area contributed by atoms with Crippen molar-refractivity contribution in [2.24, 2.45) is 0 Å². The molecule has 0 atom stereocenters. The molecule has 0 saturated heterocycles. The van der Waals surface area contributed by atoms with E-state index >= 15 is 0 Å². The summed E-state index contributed by atoms with van der Waals surface area (Å²) in [4.78, 5) is 33.2. The summed E-state index contributed by atoms with van der Waals surface area (Å²) in [7, 11) is 0. The topological polar surface area (TPSA) is 98.5 Å². The molecule has 8 nitrogen and oxygen atoms in total. The van der Waals surface area contributed by atoms with Gasteiger partial charge in [-0.15, -0.1) is 0 Å². The van der Waals surface area contributed by atoms with Crippen molar-refractivity contribution >= 4 is 23.2 Å². The van der Waals surface area contributed by atoms with Crippen molar-refractivity contribution in [3.05, 3.63) is 77.7 Å². The second-order valence-corrected chi connectivity index (χ2v) is 6.55. The fourth-order valence-electron chi connectivity index (χ4n) is 2.98. The third kappa shape index (κ3) is 3.88. The molecule has 0 saturated carbocycles. The van der Waals surface area contributed by atoms with E-state index in [-0.39, 0.29) is 11.6 Å². The highest BCUT2D eigenvalue weighted by atomic mass is 16.5. The zero-order chi connectivity index (χ0) is 21.1. The Morgan fingerprint density at radius 1 is 1.07 bits per heavy atom. The number of esters is 1. The second-order valence-electron chi connectivity index (χ2n) is 6.55. The Hall–Kier alpha value is -4.07. The summed E-state index contributed by atoms with van der Waals surface area (Å²) in [5.74, 6) is -0.757. The Kier molecular flexibility index (Phi) is 5.21. The first kappa shape index (κ1) is 19.3. The van der Waals surface area contributed by atoms with Crippen LogP contribution >= 0.6 is 0 Å². The molecule has 1 N–H and O–H groups in total. The van der Waals surface area contributed by atoms with Gasteiger partial charge in [0.05, 0.1) is 17.9 Å². The van der Waals surface area contributed by atoms with Crippen LogP contribution in [-0.2, 0) is 4.74 Å². The number of pyridine rings is 1. The molecule has 0 aliphatic rings. The number of amides is 1. The lowest BCUT2D eigenvalue weighted by molar-refractivity contribution is 0.0526. The van der Waals surface area contributed by atoms with Crippen molar-refractivity contribution in [1.29, 1.82) is 0 Å². The van der Waals surface area contributed by atoms with Crippen molar-refractivity contribution in [1.82, 2.24) is 19.6 Å². The summed E-state index contributed by atoms with van der Waals surface area (Å²) >= 11 is 0. The molecule has 4 rings (SSSR count). The maximum Gasteiger partial charge on any atom is 0.338 e. The highest BCUT2D eigenvalue weighted by Crippen LogP contribution is 2.18. The lowest BCUT2D eigenvalue weighted by atomic mass is 10.2. The molecule has 0 fully saturated rings. The largest absolute Gasteiger partial charge is 0.462 e. The molecule has 0 aliphatic heterocycles. The highest BCUT2D eigenvalue weighted by Gasteiger charge is 2.14. The van der Waals surface area contributed by atoms with Crippen LogP contribution in [0.5, 0.6) is 0 Å².